The highest BCUT2D eigenvalue weighted by atomic mass is 127. The molecule has 2 aromatic rings. The van der Waals surface area contributed by atoms with E-state index in [2.05, 4.69) is 5.10 Å². The van der Waals surface area contributed by atoms with E-state index in [-0.39, 0.29) is 41.4 Å². The van der Waals surface area contributed by atoms with Crippen LogP contribution in [0.3, 0.4) is 0 Å². The molecule has 0 radical (unpaired) electrons. The lowest BCUT2D eigenvalue weighted by Gasteiger charge is -2.29. The first-order chi connectivity index (χ1) is 18.4. The molecule has 3 unspecified atom stereocenters. The van der Waals surface area contributed by atoms with E-state index in [1.165, 1.54) is 0 Å². The molecule has 0 spiro atoms. The molecule has 41 heavy (non-hydrogen) atoms. The van der Waals surface area contributed by atoms with Crippen LogP contribution in [-0.4, -0.2) is 23.2 Å². The fourth-order valence-electron chi connectivity index (χ4n) is 3.82. The smallest absolute Gasteiger partial charge is 0.371 e. The van der Waals surface area contributed by atoms with Crippen LogP contribution < -0.4 is 5.01 Å². The Morgan fingerprint density at radius 2 is 1.00 bits per heavy atom. The van der Waals surface area contributed by atoms with Crippen LogP contribution in [0.2, 0.25) is 0 Å². The Labute approximate surface area is 232 Å². The SMILES string of the molecule is OC1C(C(OI)c2cc(C(F)(F)F)cc(C(F)(F)F)c2)C(C(F)(F)F)=NN1c1cc(C(F)(F)F)cc(C(F)(F)F)c1. The van der Waals surface area contributed by atoms with Gasteiger partial charge in [0.2, 0.25) is 0 Å². The van der Waals surface area contributed by atoms with Crippen molar-refractivity contribution in [3.05, 3.63) is 64.2 Å². The number of halogens is 16. The van der Waals surface area contributed by atoms with Gasteiger partial charge in [0.05, 0.1) is 33.9 Å². The van der Waals surface area contributed by atoms with Crippen LogP contribution in [0.25, 0.3) is 0 Å². The molecular formula is C21H10F15IN2O2. The van der Waals surface area contributed by atoms with E-state index in [0.29, 0.717) is 0 Å². The first-order valence-electron chi connectivity index (χ1n) is 10.3. The summed E-state index contributed by atoms with van der Waals surface area (Å²) in [6.45, 7) is 0. The van der Waals surface area contributed by atoms with E-state index < -0.39 is 88.3 Å². The van der Waals surface area contributed by atoms with Crippen LogP contribution in [0.4, 0.5) is 71.5 Å². The van der Waals surface area contributed by atoms with Gasteiger partial charge in [-0.2, -0.15) is 71.0 Å². The number of hydrogen-bond donors (Lipinski definition) is 1. The second-order valence-electron chi connectivity index (χ2n) is 8.38. The summed E-state index contributed by atoms with van der Waals surface area (Å²) < 4.78 is 206. The molecule has 0 aromatic heterocycles. The predicted octanol–water partition coefficient (Wildman–Crippen LogP) is 8.54. The number of hydrogen-bond acceptors (Lipinski definition) is 4. The summed E-state index contributed by atoms with van der Waals surface area (Å²) in [5, 5.41) is 13.2. The number of aliphatic hydroxyl groups excluding tert-OH is 1. The monoisotopic (exact) mass is 734 g/mol. The average Bonchev–Trinajstić information content (AvgIpc) is 3.14. The number of benzene rings is 2. The molecule has 0 aliphatic carbocycles. The van der Waals surface area contributed by atoms with E-state index in [0.717, 1.165) is 23.0 Å². The maximum atomic E-state index is 13.9. The molecule has 0 bridgehead atoms. The Hall–Kier alpha value is -2.49. The third kappa shape index (κ3) is 7.12. The van der Waals surface area contributed by atoms with Crippen LogP contribution in [0.15, 0.2) is 41.5 Å². The summed E-state index contributed by atoms with van der Waals surface area (Å²) in [4.78, 5) is 0. The van der Waals surface area contributed by atoms with Gasteiger partial charge in [-0.25, -0.2) is 5.01 Å². The highest BCUT2D eigenvalue weighted by Gasteiger charge is 2.54. The molecule has 0 saturated carbocycles. The van der Waals surface area contributed by atoms with Crippen molar-refractivity contribution < 1.29 is 74.0 Å². The van der Waals surface area contributed by atoms with Crippen molar-refractivity contribution in [2.75, 3.05) is 5.01 Å². The Morgan fingerprint density at radius 3 is 1.32 bits per heavy atom. The summed E-state index contributed by atoms with van der Waals surface area (Å²) >= 11 is 0.798. The molecule has 0 saturated heterocycles. The van der Waals surface area contributed by atoms with Crippen LogP contribution in [0.5, 0.6) is 0 Å². The minimum atomic E-state index is -5.66. The Bertz CT molecular complexity index is 1250. The molecular weight excluding hydrogens is 724 g/mol. The Kier molecular flexibility index (Phi) is 8.58. The second-order valence-corrected chi connectivity index (χ2v) is 8.89. The van der Waals surface area contributed by atoms with E-state index in [1.807, 2.05) is 0 Å². The van der Waals surface area contributed by atoms with Gasteiger partial charge in [0.25, 0.3) is 0 Å². The zero-order valence-corrected chi connectivity index (χ0v) is 21.2. The zero-order chi connectivity index (χ0) is 31.5. The van der Waals surface area contributed by atoms with Gasteiger partial charge in [0, 0.05) is 0 Å². The normalized spacial score (nSPS) is 19.9. The van der Waals surface area contributed by atoms with Crippen molar-refractivity contribution >= 4 is 34.4 Å². The van der Waals surface area contributed by atoms with Crippen molar-refractivity contribution in [2.24, 2.45) is 11.0 Å². The standard InChI is InChI=1S/C21H10F15IN2O2/c22-17(23,24)8-1-7(2-9(3-8)18(25,26)27)14(41-37)13-15(21(34,35)36)38-39(16(13)40)12-5-10(19(28,29)30)4-11(6-12)20(31,32)33/h1-6,13-14,16,40H. The second kappa shape index (κ2) is 10.7. The number of anilines is 1. The lowest BCUT2D eigenvalue weighted by molar-refractivity contribution is -0.144. The maximum Gasteiger partial charge on any atom is 0.431 e. The van der Waals surface area contributed by atoms with Crippen molar-refractivity contribution in [2.45, 2.75) is 43.2 Å². The van der Waals surface area contributed by atoms with Gasteiger partial charge < -0.3 is 8.17 Å². The fraction of sp³-hybridized carbons (Fsp3) is 0.381. The number of aliphatic hydroxyl groups is 1. The summed E-state index contributed by atoms with van der Waals surface area (Å²) in [6, 6.07) is -0.961. The Morgan fingerprint density at radius 1 is 0.634 bits per heavy atom. The van der Waals surface area contributed by atoms with E-state index in [1.54, 1.807) is 0 Å². The van der Waals surface area contributed by atoms with Crippen molar-refractivity contribution in [1.82, 2.24) is 0 Å². The number of alkyl halides is 15. The third-order valence-electron chi connectivity index (χ3n) is 5.59. The molecule has 20 heteroatoms. The minimum absolute atomic E-state index is 0.0199. The molecule has 1 N–H and O–H groups in total. The molecule has 4 nitrogen and oxygen atoms in total. The van der Waals surface area contributed by atoms with Gasteiger partial charge >= 0.3 is 30.9 Å². The van der Waals surface area contributed by atoms with Crippen molar-refractivity contribution in [1.29, 1.82) is 0 Å². The first kappa shape index (κ1) is 33.0. The van der Waals surface area contributed by atoms with Crippen molar-refractivity contribution in [3.63, 3.8) is 0 Å². The van der Waals surface area contributed by atoms with Crippen LogP contribution in [0, 0.1) is 5.92 Å². The predicted molar refractivity (Wildman–Crippen MR) is 116 cm³/mol. The number of nitrogens with zero attached hydrogens (tertiary/aromatic N) is 2. The summed E-state index contributed by atoms with van der Waals surface area (Å²) in [6.07, 6.45) is -32.9. The lowest BCUT2D eigenvalue weighted by atomic mass is 9.88. The van der Waals surface area contributed by atoms with Gasteiger partial charge in [0.15, 0.2) is 11.9 Å². The van der Waals surface area contributed by atoms with Crippen LogP contribution in [-0.2, 0) is 27.8 Å². The molecule has 3 atom stereocenters. The van der Waals surface area contributed by atoms with E-state index in [4.69, 9.17) is 3.07 Å². The lowest BCUT2D eigenvalue weighted by Crippen LogP contribution is -2.41. The highest BCUT2D eigenvalue weighted by Crippen LogP contribution is 2.47. The quantitative estimate of drug-likeness (QED) is 0.253. The molecule has 0 amide bonds. The largest absolute Gasteiger partial charge is 0.431 e. The van der Waals surface area contributed by atoms with Gasteiger partial charge in [-0.15, -0.1) is 0 Å². The summed E-state index contributed by atoms with van der Waals surface area (Å²) in [5.74, 6) is -2.76. The average molecular weight is 734 g/mol. The maximum absolute atomic E-state index is 13.9. The Balaban J connectivity index is 2.24. The third-order valence-corrected chi connectivity index (χ3v) is 6.14. The minimum Gasteiger partial charge on any atom is -0.371 e. The van der Waals surface area contributed by atoms with Crippen LogP contribution >= 0.6 is 23.0 Å². The van der Waals surface area contributed by atoms with E-state index in [9.17, 15) is 71.0 Å². The van der Waals surface area contributed by atoms with Gasteiger partial charge in [0.1, 0.15) is 29.1 Å². The summed E-state index contributed by atoms with van der Waals surface area (Å²) in [7, 11) is 0. The summed E-state index contributed by atoms with van der Waals surface area (Å²) in [5.41, 5.74) is -12.8. The van der Waals surface area contributed by atoms with Crippen molar-refractivity contribution in [3.8, 4) is 0 Å². The van der Waals surface area contributed by atoms with Crippen LogP contribution in [0.1, 0.15) is 33.9 Å². The molecule has 3 rings (SSSR count). The first-order valence-corrected chi connectivity index (χ1v) is 11.2. The molecule has 1 aliphatic rings. The van der Waals surface area contributed by atoms with Gasteiger partial charge in [-0.3, -0.25) is 0 Å². The van der Waals surface area contributed by atoms with Gasteiger partial charge in [-0.1, -0.05) is 0 Å². The fourth-order valence-corrected chi connectivity index (χ4v) is 4.43. The molecule has 2 aromatic carbocycles. The molecule has 228 valence electrons. The molecule has 1 aliphatic heterocycles. The molecule has 1 heterocycles. The highest BCUT2D eigenvalue weighted by molar-refractivity contribution is 14.1. The number of hydrazone groups is 1. The zero-order valence-electron chi connectivity index (χ0n) is 19.0. The molecule has 0 fully saturated rings. The number of rotatable bonds is 4. The topological polar surface area (TPSA) is 45.1 Å². The van der Waals surface area contributed by atoms with Gasteiger partial charge in [-0.05, 0) is 42.0 Å². The van der Waals surface area contributed by atoms with E-state index >= 15 is 0 Å².